The molecule has 0 spiro atoms. The summed E-state index contributed by atoms with van der Waals surface area (Å²) in [5.41, 5.74) is 0.212. The Balaban J connectivity index is 2.53. The average molecular weight is 236 g/mol. The van der Waals surface area contributed by atoms with E-state index in [9.17, 15) is 9.90 Å². The molecule has 0 saturated heterocycles. The largest absolute Gasteiger partial charge is 0.461 e. The van der Waals surface area contributed by atoms with E-state index in [0.29, 0.717) is 5.56 Å². The van der Waals surface area contributed by atoms with E-state index in [4.69, 9.17) is 4.74 Å². The van der Waals surface area contributed by atoms with Gasteiger partial charge in [0.1, 0.15) is 0 Å². The summed E-state index contributed by atoms with van der Waals surface area (Å²) in [6.45, 7) is 4.26. The molecule has 94 valence electrons. The maximum atomic E-state index is 11.7. The monoisotopic (exact) mass is 236 g/mol. The maximum Gasteiger partial charge on any atom is 0.338 e. The van der Waals surface area contributed by atoms with Gasteiger partial charge in [0.05, 0.1) is 18.8 Å². The number of esters is 1. The minimum absolute atomic E-state index is 0.0307. The molecule has 0 aliphatic heterocycles. The molecule has 0 amide bonds. The standard InChI is InChI=1S/C14H20O3/c1-3-9-14(2,10-15)11-17-13(16)12-7-5-4-6-8-12/h4-8,15H,3,9-11H2,1-2H3. The Morgan fingerprint density at radius 3 is 2.53 bits per heavy atom. The van der Waals surface area contributed by atoms with Crippen LogP contribution in [0.15, 0.2) is 30.3 Å². The van der Waals surface area contributed by atoms with Crippen molar-refractivity contribution in [2.45, 2.75) is 26.7 Å². The van der Waals surface area contributed by atoms with Crippen LogP contribution in [0.1, 0.15) is 37.0 Å². The van der Waals surface area contributed by atoms with Crippen molar-refractivity contribution in [3.8, 4) is 0 Å². The van der Waals surface area contributed by atoms with Crippen LogP contribution in [-0.2, 0) is 4.74 Å². The highest BCUT2D eigenvalue weighted by molar-refractivity contribution is 5.89. The van der Waals surface area contributed by atoms with Crippen molar-refractivity contribution < 1.29 is 14.6 Å². The SMILES string of the molecule is CCCC(C)(CO)COC(=O)c1ccccc1. The summed E-state index contributed by atoms with van der Waals surface area (Å²) >= 11 is 0. The molecule has 0 saturated carbocycles. The highest BCUT2D eigenvalue weighted by Crippen LogP contribution is 2.23. The third kappa shape index (κ3) is 4.19. The van der Waals surface area contributed by atoms with Gasteiger partial charge in [-0.05, 0) is 18.6 Å². The van der Waals surface area contributed by atoms with Crippen molar-refractivity contribution in [2.24, 2.45) is 5.41 Å². The molecule has 0 aliphatic carbocycles. The van der Waals surface area contributed by atoms with Gasteiger partial charge < -0.3 is 9.84 Å². The summed E-state index contributed by atoms with van der Waals surface area (Å²) in [5.74, 6) is -0.332. The van der Waals surface area contributed by atoms with E-state index in [2.05, 4.69) is 0 Å². The van der Waals surface area contributed by atoms with E-state index >= 15 is 0 Å². The number of hydrogen-bond donors (Lipinski definition) is 1. The summed E-state index contributed by atoms with van der Waals surface area (Å²) in [4.78, 5) is 11.7. The smallest absolute Gasteiger partial charge is 0.338 e. The normalized spacial score (nSPS) is 14.1. The lowest BCUT2D eigenvalue weighted by atomic mass is 9.88. The number of hydrogen-bond acceptors (Lipinski definition) is 3. The first-order chi connectivity index (χ1) is 8.11. The maximum absolute atomic E-state index is 11.7. The van der Waals surface area contributed by atoms with Crippen LogP contribution in [0.4, 0.5) is 0 Å². The van der Waals surface area contributed by atoms with Gasteiger partial charge in [-0.3, -0.25) is 0 Å². The highest BCUT2D eigenvalue weighted by Gasteiger charge is 2.24. The molecule has 1 unspecified atom stereocenters. The van der Waals surface area contributed by atoms with Gasteiger partial charge in [0.25, 0.3) is 0 Å². The van der Waals surface area contributed by atoms with Crippen LogP contribution in [0.5, 0.6) is 0 Å². The molecule has 3 nitrogen and oxygen atoms in total. The Hall–Kier alpha value is -1.35. The predicted molar refractivity (Wildman–Crippen MR) is 66.8 cm³/mol. The summed E-state index contributed by atoms with van der Waals surface area (Å²) in [6.07, 6.45) is 1.80. The van der Waals surface area contributed by atoms with Crippen LogP contribution in [0, 0.1) is 5.41 Å². The number of aliphatic hydroxyl groups is 1. The molecule has 0 heterocycles. The lowest BCUT2D eigenvalue weighted by Crippen LogP contribution is -2.29. The van der Waals surface area contributed by atoms with Gasteiger partial charge in [-0.15, -0.1) is 0 Å². The fourth-order valence-corrected chi connectivity index (χ4v) is 1.70. The van der Waals surface area contributed by atoms with Gasteiger partial charge in [-0.2, -0.15) is 0 Å². The van der Waals surface area contributed by atoms with Crippen molar-refractivity contribution in [3.05, 3.63) is 35.9 Å². The predicted octanol–water partition coefficient (Wildman–Crippen LogP) is 2.64. The third-order valence-corrected chi connectivity index (χ3v) is 2.80. The first-order valence-electron chi connectivity index (χ1n) is 5.94. The fourth-order valence-electron chi connectivity index (χ4n) is 1.70. The Bertz CT molecular complexity index is 348. The number of rotatable bonds is 6. The summed E-state index contributed by atoms with van der Waals surface area (Å²) in [7, 11) is 0. The van der Waals surface area contributed by atoms with Crippen LogP contribution in [-0.4, -0.2) is 24.3 Å². The third-order valence-electron chi connectivity index (χ3n) is 2.80. The van der Waals surface area contributed by atoms with Crippen molar-refractivity contribution in [1.82, 2.24) is 0 Å². The van der Waals surface area contributed by atoms with Crippen LogP contribution in [0.3, 0.4) is 0 Å². The summed E-state index contributed by atoms with van der Waals surface area (Å²) < 4.78 is 5.24. The van der Waals surface area contributed by atoms with E-state index in [1.807, 2.05) is 19.9 Å². The molecular weight excluding hydrogens is 216 g/mol. The average Bonchev–Trinajstić information content (AvgIpc) is 2.37. The number of aliphatic hydroxyl groups excluding tert-OH is 1. The van der Waals surface area contributed by atoms with E-state index in [-0.39, 0.29) is 24.6 Å². The van der Waals surface area contributed by atoms with Crippen molar-refractivity contribution in [3.63, 3.8) is 0 Å². The molecular formula is C14H20O3. The van der Waals surface area contributed by atoms with Crippen molar-refractivity contribution >= 4 is 5.97 Å². The molecule has 1 aromatic carbocycles. The molecule has 0 radical (unpaired) electrons. The number of benzene rings is 1. The topological polar surface area (TPSA) is 46.5 Å². The molecule has 1 atom stereocenters. The second-order valence-corrected chi connectivity index (χ2v) is 4.66. The zero-order valence-corrected chi connectivity index (χ0v) is 10.5. The Labute approximate surface area is 102 Å². The first kappa shape index (κ1) is 13.7. The van der Waals surface area contributed by atoms with E-state index in [1.54, 1.807) is 24.3 Å². The molecule has 17 heavy (non-hydrogen) atoms. The van der Waals surface area contributed by atoms with Gasteiger partial charge in [0.15, 0.2) is 0 Å². The summed E-state index contributed by atoms with van der Waals surface area (Å²) in [6, 6.07) is 8.89. The van der Waals surface area contributed by atoms with Crippen LogP contribution in [0.2, 0.25) is 0 Å². The Morgan fingerprint density at radius 1 is 1.35 bits per heavy atom. The van der Waals surface area contributed by atoms with Crippen LogP contribution in [0.25, 0.3) is 0 Å². The van der Waals surface area contributed by atoms with Crippen LogP contribution < -0.4 is 0 Å². The van der Waals surface area contributed by atoms with Gasteiger partial charge in [-0.1, -0.05) is 38.5 Å². The molecule has 1 N–H and O–H groups in total. The van der Waals surface area contributed by atoms with Gasteiger partial charge in [-0.25, -0.2) is 4.79 Å². The lowest BCUT2D eigenvalue weighted by Gasteiger charge is -2.26. The second kappa shape index (κ2) is 6.40. The molecule has 3 heteroatoms. The Morgan fingerprint density at radius 2 is 2.00 bits per heavy atom. The zero-order valence-electron chi connectivity index (χ0n) is 10.5. The molecule has 0 aliphatic rings. The fraction of sp³-hybridized carbons (Fsp3) is 0.500. The number of carbonyl (C=O) groups is 1. The minimum atomic E-state index is -0.334. The Kier molecular flexibility index (Phi) is 5.16. The number of carbonyl (C=O) groups excluding carboxylic acids is 1. The highest BCUT2D eigenvalue weighted by atomic mass is 16.5. The van der Waals surface area contributed by atoms with Crippen molar-refractivity contribution in [1.29, 1.82) is 0 Å². The zero-order chi connectivity index (χ0) is 12.7. The van der Waals surface area contributed by atoms with E-state index in [1.165, 1.54) is 0 Å². The van der Waals surface area contributed by atoms with E-state index < -0.39 is 0 Å². The van der Waals surface area contributed by atoms with E-state index in [0.717, 1.165) is 12.8 Å². The van der Waals surface area contributed by atoms with Gasteiger partial charge >= 0.3 is 5.97 Å². The lowest BCUT2D eigenvalue weighted by molar-refractivity contribution is 0.0132. The molecule has 0 aromatic heterocycles. The van der Waals surface area contributed by atoms with Gasteiger partial charge in [0.2, 0.25) is 0 Å². The quantitative estimate of drug-likeness (QED) is 0.772. The summed E-state index contributed by atoms with van der Waals surface area (Å²) in [5, 5.41) is 9.31. The first-order valence-corrected chi connectivity index (χ1v) is 5.94. The molecule has 1 rings (SSSR count). The molecule has 0 bridgehead atoms. The van der Waals surface area contributed by atoms with Crippen LogP contribution >= 0.6 is 0 Å². The molecule has 0 fully saturated rings. The van der Waals surface area contributed by atoms with Gasteiger partial charge in [0, 0.05) is 5.41 Å². The minimum Gasteiger partial charge on any atom is -0.461 e. The molecule has 1 aromatic rings. The number of ether oxygens (including phenoxy) is 1. The second-order valence-electron chi connectivity index (χ2n) is 4.66. The van der Waals surface area contributed by atoms with Crippen molar-refractivity contribution in [2.75, 3.05) is 13.2 Å².